The molecule has 0 spiro atoms. The Morgan fingerprint density at radius 1 is 0.893 bits per heavy atom. The van der Waals surface area contributed by atoms with Gasteiger partial charge in [0.05, 0.1) is 6.04 Å². The standard InChI is InChI=1S/C20H39N3O5/c1-19(2,3)10-8-7-9-11-22-18(26)28-14-15(13-27-17(21)25)23-16(24)12-20(4,5)6/h15H,7-14H2,1-6H3,(H2,21,25)(H,22,26)(H,23,24)/t15-/m0/s1. The molecule has 0 fully saturated rings. The van der Waals surface area contributed by atoms with Crippen LogP contribution in [0.1, 0.15) is 73.6 Å². The van der Waals surface area contributed by atoms with Crippen molar-refractivity contribution in [3.05, 3.63) is 0 Å². The fourth-order valence-corrected chi connectivity index (χ4v) is 2.45. The monoisotopic (exact) mass is 401 g/mol. The minimum atomic E-state index is -0.949. The van der Waals surface area contributed by atoms with Crippen LogP contribution in [0.5, 0.6) is 0 Å². The third-order valence-electron chi connectivity index (χ3n) is 3.77. The van der Waals surface area contributed by atoms with Gasteiger partial charge in [-0.25, -0.2) is 9.59 Å². The van der Waals surface area contributed by atoms with Gasteiger partial charge in [-0.05, 0) is 23.7 Å². The lowest BCUT2D eigenvalue weighted by molar-refractivity contribution is -0.124. The lowest BCUT2D eigenvalue weighted by Gasteiger charge is -2.22. The topological polar surface area (TPSA) is 120 Å². The molecule has 0 heterocycles. The molecule has 0 aromatic carbocycles. The zero-order valence-corrected chi connectivity index (χ0v) is 18.4. The predicted molar refractivity (Wildman–Crippen MR) is 109 cm³/mol. The maximum absolute atomic E-state index is 12.1. The molecule has 0 radical (unpaired) electrons. The van der Waals surface area contributed by atoms with Crippen LogP contribution in [0.3, 0.4) is 0 Å². The number of hydrogen-bond acceptors (Lipinski definition) is 5. The van der Waals surface area contributed by atoms with Crippen molar-refractivity contribution in [2.24, 2.45) is 16.6 Å². The average molecular weight is 402 g/mol. The third-order valence-corrected chi connectivity index (χ3v) is 3.77. The molecular weight excluding hydrogens is 362 g/mol. The second-order valence-electron chi connectivity index (χ2n) is 9.53. The van der Waals surface area contributed by atoms with Crippen molar-refractivity contribution in [1.29, 1.82) is 0 Å². The summed E-state index contributed by atoms with van der Waals surface area (Å²) in [7, 11) is 0. The number of ether oxygens (including phenoxy) is 2. The summed E-state index contributed by atoms with van der Waals surface area (Å²) in [4.78, 5) is 34.7. The van der Waals surface area contributed by atoms with Gasteiger partial charge >= 0.3 is 12.2 Å². The number of amides is 3. The molecule has 0 aliphatic rings. The van der Waals surface area contributed by atoms with Gasteiger partial charge in [-0.1, -0.05) is 54.4 Å². The Labute approximate surface area is 169 Å². The van der Waals surface area contributed by atoms with Crippen molar-refractivity contribution >= 4 is 18.1 Å². The molecule has 164 valence electrons. The summed E-state index contributed by atoms with van der Waals surface area (Å²) in [5.41, 5.74) is 5.10. The molecule has 0 saturated carbocycles. The number of carbonyl (C=O) groups is 3. The van der Waals surface area contributed by atoms with E-state index in [1.165, 1.54) is 0 Å². The largest absolute Gasteiger partial charge is 0.447 e. The summed E-state index contributed by atoms with van der Waals surface area (Å²) in [5.74, 6) is -0.214. The van der Waals surface area contributed by atoms with Crippen LogP contribution in [-0.2, 0) is 14.3 Å². The summed E-state index contributed by atoms with van der Waals surface area (Å²) in [6.07, 6.45) is 2.96. The van der Waals surface area contributed by atoms with E-state index in [0.29, 0.717) is 18.4 Å². The predicted octanol–water partition coefficient (Wildman–Crippen LogP) is 3.34. The molecule has 8 nitrogen and oxygen atoms in total. The molecule has 0 aromatic rings. The Hall–Kier alpha value is -1.99. The smallest absolute Gasteiger partial charge is 0.407 e. The zero-order valence-electron chi connectivity index (χ0n) is 18.4. The molecule has 28 heavy (non-hydrogen) atoms. The van der Waals surface area contributed by atoms with Crippen molar-refractivity contribution in [2.75, 3.05) is 19.8 Å². The summed E-state index contributed by atoms with van der Waals surface area (Å²) < 4.78 is 9.86. The number of alkyl carbamates (subject to hydrolysis) is 1. The summed E-state index contributed by atoms with van der Waals surface area (Å²) in [5, 5.41) is 5.39. The van der Waals surface area contributed by atoms with Gasteiger partial charge in [0.1, 0.15) is 13.2 Å². The Morgan fingerprint density at radius 3 is 2.04 bits per heavy atom. The Balaban J connectivity index is 4.20. The molecule has 1 atom stereocenters. The molecule has 8 heteroatoms. The molecule has 0 aliphatic carbocycles. The van der Waals surface area contributed by atoms with Crippen molar-refractivity contribution in [2.45, 2.75) is 79.7 Å². The highest BCUT2D eigenvalue weighted by atomic mass is 16.6. The van der Waals surface area contributed by atoms with Gasteiger partial charge in [0.2, 0.25) is 5.91 Å². The van der Waals surface area contributed by atoms with Crippen LogP contribution in [0, 0.1) is 10.8 Å². The van der Waals surface area contributed by atoms with Gasteiger partial charge in [0.15, 0.2) is 0 Å². The van der Waals surface area contributed by atoms with E-state index in [9.17, 15) is 14.4 Å². The number of hydrogen-bond donors (Lipinski definition) is 3. The van der Waals surface area contributed by atoms with Gasteiger partial charge in [0, 0.05) is 13.0 Å². The molecular formula is C20H39N3O5. The van der Waals surface area contributed by atoms with Crippen molar-refractivity contribution in [3.63, 3.8) is 0 Å². The molecule has 4 N–H and O–H groups in total. The van der Waals surface area contributed by atoms with Crippen LogP contribution in [-0.4, -0.2) is 43.9 Å². The second-order valence-corrected chi connectivity index (χ2v) is 9.53. The zero-order chi connectivity index (χ0) is 21.8. The van der Waals surface area contributed by atoms with Gasteiger partial charge in [0.25, 0.3) is 0 Å². The van der Waals surface area contributed by atoms with Crippen LogP contribution in [0.15, 0.2) is 0 Å². The maximum Gasteiger partial charge on any atom is 0.407 e. The second kappa shape index (κ2) is 12.5. The number of rotatable bonds is 11. The van der Waals surface area contributed by atoms with Crippen molar-refractivity contribution < 1.29 is 23.9 Å². The first-order valence-corrected chi connectivity index (χ1v) is 9.91. The number of nitrogens with two attached hydrogens (primary N) is 1. The highest BCUT2D eigenvalue weighted by molar-refractivity contribution is 5.77. The Kier molecular flexibility index (Phi) is 11.6. The Bertz CT molecular complexity index is 495. The first-order valence-electron chi connectivity index (χ1n) is 9.91. The van der Waals surface area contributed by atoms with E-state index >= 15 is 0 Å². The first-order chi connectivity index (χ1) is 12.8. The van der Waals surface area contributed by atoms with Gasteiger partial charge in [-0.2, -0.15) is 0 Å². The molecule has 0 saturated heterocycles. The number of carbonyl (C=O) groups excluding carboxylic acids is 3. The minimum Gasteiger partial charge on any atom is -0.447 e. The van der Waals surface area contributed by atoms with Crippen LogP contribution in [0.2, 0.25) is 0 Å². The molecule has 0 bridgehead atoms. The average Bonchev–Trinajstić information content (AvgIpc) is 2.50. The van der Waals surface area contributed by atoms with E-state index in [1.807, 2.05) is 20.8 Å². The maximum atomic E-state index is 12.1. The highest BCUT2D eigenvalue weighted by Gasteiger charge is 2.21. The van der Waals surface area contributed by atoms with E-state index < -0.39 is 18.2 Å². The lowest BCUT2D eigenvalue weighted by Crippen LogP contribution is -2.44. The number of nitrogens with one attached hydrogen (secondary N) is 2. The number of primary amides is 1. The van der Waals surface area contributed by atoms with E-state index in [4.69, 9.17) is 15.2 Å². The molecule has 0 rings (SSSR count). The van der Waals surface area contributed by atoms with Gasteiger partial charge in [-0.15, -0.1) is 0 Å². The summed E-state index contributed by atoms with van der Waals surface area (Å²) in [6, 6.07) is -0.653. The van der Waals surface area contributed by atoms with E-state index in [2.05, 4.69) is 31.4 Å². The minimum absolute atomic E-state index is 0.112. The summed E-state index contributed by atoms with van der Waals surface area (Å²) >= 11 is 0. The number of unbranched alkanes of at least 4 members (excludes halogenated alkanes) is 2. The van der Waals surface area contributed by atoms with E-state index in [-0.39, 0.29) is 24.5 Å². The first kappa shape index (κ1) is 26.0. The third kappa shape index (κ3) is 17.4. The molecule has 3 amide bonds. The van der Waals surface area contributed by atoms with Gasteiger partial charge in [-0.3, -0.25) is 4.79 Å². The van der Waals surface area contributed by atoms with E-state index in [0.717, 1.165) is 25.7 Å². The molecule has 0 aliphatic heterocycles. The highest BCUT2D eigenvalue weighted by Crippen LogP contribution is 2.21. The fraction of sp³-hybridized carbons (Fsp3) is 0.850. The quantitative estimate of drug-likeness (QED) is 0.459. The normalized spacial score (nSPS) is 12.8. The SMILES string of the molecule is CC(C)(C)CCCCCNC(=O)OC[C@H](COC(N)=O)NC(=O)CC(C)(C)C. The summed E-state index contributed by atoms with van der Waals surface area (Å²) in [6.45, 7) is 12.7. The fourth-order valence-electron chi connectivity index (χ4n) is 2.45. The van der Waals surface area contributed by atoms with Crippen LogP contribution in [0.4, 0.5) is 9.59 Å². The van der Waals surface area contributed by atoms with Crippen molar-refractivity contribution in [3.8, 4) is 0 Å². The van der Waals surface area contributed by atoms with Crippen molar-refractivity contribution in [1.82, 2.24) is 10.6 Å². The van der Waals surface area contributed by atoms with Crippen LogP contribution < -0.4 is 16.4 Å². The van der Waals surface area contributed by atoms with Crippen LogP contribution in [0.25, 0.3) is 0 Å². The Morgan fingerprint density at radius 2 is 1.50 bits per heavy atom. The molecule has 0 unspecified atom stereocenters. The lowest BCUT2D eigenvalue weighted by atomic mass is 9.89. The van der Waals surface area contributed by atoms with Gasteiger partial charge < -0.3 is 25.8 Å². The van der Waals surface area contributed by atoms with Crippen LogP contribution >= 0.6 is 0 Å². The van der Waals surface area contributed by atoms with E-state index in [1.54, 1.807) is 0 Å². The molecule has 0 aromatic heterocycles.